The topological polar surface area (TPSA) is 91.0 Å². The van der Waals surface area contributed by atoms with Crippen LogP contribution in [0.5, 0.6) is 0 Å². The minimum Gasteiger partial charge on any atom is -0.458 e. The zero-order valence-electron chi connectivity index (χ0n) is 14.7. The van der Waals surface area contributed by atoms with Gasteiger partial charge in [-0.05, 0) is 43.6 Å². The quantitative estimate of drug-likeness (QED) is 0.707. The highest BCUT2D eigenvalue weighted by molar-refractivity contribution is 9.10. The molecule has 2 rings (SSSR count). The van der Waals surface area contributed by atoms with E-state index in [1.165, 1.54) is 0 Å². The third-order valence-corrected chi connectivity index (χ3v) is 4.13. The number of aromatic nitrogens is 4. The van der Waals surface area contributed by atoms with Gasteiger partial charge in [0.05, 0.1) is 22.0 Å². The van der Waals surface area contributed by atoms with Crippen LogP contribution in [0.1, 0.15) is 43.4 Å². The molecular formula is C16H22BrN5O3. The van der Waals surface area contributed by atoms with Gasteiger partial charge in [-0.1, -0.05) is 0 Å². The largest absolute Gasteiger partial charge is 0.458 e. The van der Waals surface area contributed by atoms with Gasteiger partial charge in [-0.25, -0.2) is 4.79 Å². The lowest BCUT2D eigenvalue weighted by atomic mass is 10.3. The third-order valence-electron chi connectivity index (χ3n) is 3.35. The summed E-state index contributed by atoms with van der Waals surface area (Å²) in [6.45, 7) is 8.32. The van der Waals surface area contributed by atoms with E-state index in [0.717, 1.165) is 10.2 Å². The molecule has 0 unspecified atom stereocenters. The highest BCUT2D eigenvalue weighted by Crippen LogP contribution is 2.17. The van der Waals surface area contributed by atoms with E-state index in [1.807, 2.05) is 20.0 Å². The molecule has 0 atom stereocenters. The van der Waals surface area contributed by atoms with E-state index in [4.69, 9.17) is 4.74 Å². The van der Waals surface area contributed by atoms with Crippen molar-refractivity contribution in [2.24, 2.45) is 0 Å². The molecular weight excluding hydrogens is 390 g/mol. The number of hydrogen-bond acceptors (Lipinski definition) is 5. The Hall–Kier alpha value is -2.16. The maximum atomic E-state index is 12.2. The van der Waals surface area contributed by atoms with Crippen molar-refractivity contribution in [2.75, 3.05) is 5.32 Å². The summed E-state index contributed by atoms with van der Waals surface area (Å²) in [7, 11) is 0. The van der Waals surface area contributed by atoms with Crippen molar-refractivity contribution in [3.05, 3.63) is 28.3 Å². The zero-order chi connectivity index (χ0) is 18.6. The van der Waals surface area contributed by atoms with E-state index in [-0.39, 0.29) is 24.1 Å². The van der Waals surface area contributed by atoms with Crippen LogP contribution in [-0.4, -0.2) is 37.5 Å². The summed E-state index contributed by atoms with van der Waals surface area (Å²) in [5.74, 6) is -0.775. The first-order valence-corrected chi connectivity index (χ1v) is 8.87. The Labute approximate surface area is 154 Å². The van der Waals surface area contributed by atoms with E-state index >= 15 is 0 Å². The van der Waals surface area contributed by atoms with Crippen LogP contribution in [0.4, 0.5) is 5.69 Å². The number of carbonyl (C=O) groups is 2. The fourth-order valence-corrected chi connectivity index (χ4v) is 2.45. The van der Waals surface area contributed by atoms with Crippen LogP contribution >= 0.6 is 15.9 Å². The monoisotopic (exact) mass is 411 g/mol. The predicted octanol–water partition coefficient (Wildman–Crippen LogP) is 2.76. The van der Waals surface area contributed by atoms with E-state index in [9.17, 15) is 9.59 Å². The van der Waals surface area contributed by atoms with E-state index in [2.05, 4.69) is 31.4 Å². The summed E-state index contributed by atoms with van der Waals surface area (Å²) in [6, 6.07) is 0. The second-order valence-corrected chi connectivity index (χ2v) is 6.68. The second-order valence-electron chi connectivity index (χ2n) is 5.82. The number of ether oxygens (including phenoxy) is 1. The molecule has 0 fully saturated rings. The van der Waals surface area contributed by atoms with Crippen molar-refractivity contribution in [3.8, 4) is 0 Å². The minimum atomic E-state index is -0.552. The average molecular weight is 412 g/mol. The van der Waals surface area contributed by atoms with Gasteiger partial charge in [-0.2, -0.15) is 10.2 Å². The maximum absolute atomic E-state index is 12.2. The van der Waals surface area contributed by atoms with Crippen molar-refractivity contribution in [1.82, 2.24) is 19.6 Å². The molecule has 0 spiro atoms. The summed E-state index contributed by atoms with van der Waals surface area (Å²) >= 11 is 3.39. The predicted molar refractivity (Wildman–Crippen MR) is 96.4 cm³/mol. The fraction of sp³-hybridized carbons (Fsp3) is 0.500. The molecule has 9 heteroatoms. The number of carbonyl (C=O) groups excluding carboxylic acids is 2. The Morgan fingerprint density at radius 2 is 2.00 bits per heavy atom. The number of nitrogens with zero attached hydrogens (tertiary/aromatic N) is 4. The Bertz CT molecular complexity index is 746. The Kier molecular flexibility index (Phi) is 6.35. The molecule has 25 heavy (non-hydrogen) atoms. The molecule has 0 aliphatic heterocycles. The van der Waals surface area contributed by atoms with Crippen LogP contribution in [0.2, 0.25) is 0 Å². The highest BCUT2D eigenvalue weighted by atomic mass is 79.9. The van der Waals surface area contributed by atoms with Crippen LogP contribution in [0.3, 0.4) is 0 Å². The molecule has 0 saturated carbocycles. The smallest absolute Gasteiger partial charge is 0.361 e. The van der Waals surface area contributed by atoms with Gasteiger partial charge in [-0.15, -0.1) is 0 Å². The number of esters is 1. The van der Waals surface area contributed by atoms with Gasteiger partial charge in [-0.3, -0.25) is 14.2 Å². The summed E-state index contributed by atoms with van der Waals surface area (Å²) in [5, 5.41) is 11.2. The second kappa shape index (κ2) is 8.28. The number of amides is 1. The van der Waals surface area contributed by atoms with Gasteiger partial charge in [0.2, 0.25) is 5.91 Å². The number of aryl methyl sites for hydroxylation is 3. The zero-order valence-corrected chi connectivity index (χ0v) is 16.3. The normalized spacial score (nSPS) is 11.0. The lowest BCUT2D eigenvalue weighted by Crippen LogP contribution is -2.18. The van der Waals surface area contributed by atoms with Gasteiger partial charge >= 0.3 is 5.97 Å². The molecule has 0 bridgehead atoms. The molecule has 2 aromatic rings. The van der Waals surface area contributed by atoms with Crippen LogP contribution in [0.25, 0.3) is 0 Å². The summed E-state index contributed by atoms with van der Waals surface area (Å²) in [4.78, 5) is 24.4. The lowest BCUT2D eigenvalue weighted by molar-refractivity contribution is -0.116. The number of nitrogens with one attached hydrogen (secondary N) is 1. The molecule has 0 aliphatic carbocycles. The molecule has 1 amide bonds. The number of anilines is 1. The summed E-state index contributed by atoms with van der Waals surface area (Å²) in [6.07, 6.45) is 3.42. The molecule has 2 heterocycles. The van der Waals surface area contributed by atoms with E-state index < -0.39 is 5.97 Å². The lowest BCUT2D eigenvalue weighted by Gasteiger charge is -2.08. The Balaban J connectivity index is 2.03. The molecule has 136 valence electrons. The molecule has 2 aromatic heterocycles. The van der Waals surface area contributed by atoms with Crippen LogP contribution < -0.4 is 5.32 Å². The van der Waals surface area contributed by atoms with Gasteiger partial charge in [0.25, 0.3) is 0 Å². The molecule has 0 saturated heterocycles. The van der Waals surface area contributed by atoms with E-state index in [0.29, 0.717) is 18.8 Å². The molecule has 0 aromatic carbocycles. The average Bonchev–Trinajstić information content (AvgIpc) is 3.08. The first kappa shape index (κ1) is 19.2. The van der Waals surface area contributed by atoms with Gasteiger partial charge in [0.15, 0.2) is 5.69 Å². The molecule has 0 aliphatic rings. The van der Waals surface area contributed by atoms with Gasteiger partial charge < -0.3 is 10.1 Å². The SMILES string of the molecule is CCn1cc(NC(=O)CCn2cc(Br)c(C)n2)c(C(=O)OC(C)C)n1. The van der Waals surface area contributed by atoms with Crippen LogP contribution in [-0.2, 0) is 22.6 Å². The standard InChI is InChI=1S/C16H22BrN5O3/c1-5-21-9-13(15(20-21)16(24)25-10(2)3)18-14(23)6-7-22-8-12(17)11(4)19-22/h8-10H,5-7H2,1-4H3,(H,18,23). The fourth-order valence-electron chi connectivity index (χ4n) is 2.13. The number of halogens is 1. The third kappa shape index (κ3) is 5.15. The van der Waals surface area contributed by atoms with Crippen molar-refractivity contribution < 1.29 is 14.3 Å². The minimum absolute atomic E-state index is 0.113. The highest BCUT2D eigenvalue weighted by Gasteiger charge is 2.20. The molecule has 1 N–H and O–H groups in total. The van der Waals surface area contributed by atoms with Crippen molar-refractivity contribution >= 4 is 33.5 Å². The van der Waals surface area contributed by atoms with Crippen molar-refractivity contribution in [3.63, 3.8) is 0 Å². The molecule has 8 nitrogen and oxygen atoms in total. The summed E-state index contributed by atoms with van der Waals surface area (Å²) < 4.78 is 9.36. The van der Waals surface area contributed by atoms with Crippen molar-refractivity contribution in [1.29, 1.82) is 0 Å². The van der Waals surface area contributed by atoms with Gasteiger partial charge in [0, 0.05) is 31.9 Å². The Morgan fingerprint density at radius 3 is 2.56 bits per heavy atom. The first-order chi connectivity index (χ1) is 11.8. The summed E-state index contributed by atoms with van der Waals surface area (Å²) in [5.41, 5.74) is 1.33. The van der Waals surface area contributed by atoms with Crippen molar-refractivity contribution in [2.45, 2.75) is 53.3 Å². The van der Waals surface area contributed by atoms with Gasteiger partial charge in [0.1, 0.15) is 0 Å². The number of rotatable bonds is 7. The van der Waals surface area contributed by atoms with Crippen LogP contribution in [0.15, 0.2) is 16.9 Å². The Morgan fingerprint density at radius 1 is 1.28 bits per heavy atom. The van der Waals surface area contributed by atoms with Crippen LogP contribution in [0, 0.1) is 6.92 Å². The first-order valence-electron chi connectivity index (χ1n) is 8.08. The maximum Gasteiger partial charge on any atom is 0.361 e. The van der Waals surface area contributed by atoms with E-state index in [1.54, 1.807) is 29.4 Å². The number of hydrogen-bond donors (Lipinski definition) is 1. The molecule has 0 radical (unpaired) electrons.